The largest absolute Gasteiger partial charge is 0.480 e. The predicted octanol–water partition coefficient (Wildman–Crippen LogP) is 1.20. The molecule has 0 radical (unpaired) electrons. The van der Waals surface area contributed by atoms with E-state index >= 15 is 0 Å². The molecular formula is C12H16N2O5S. The van der Waals surface area contributed by atoms with Gasteiger partial charge in [0.15, 0.2) is 0 Å². The number of carbonyl (C=O) groups excluding carboxylic acids is 2. The Labute approximate surface area is 120 Å². The summed E-state index contributed by atoms with van der Waals surface area (Å²) in [4.78, 5) is 33.7. The lowest BCUT2D eigenvalue weighted by molar-refractivity contribution is -0.138. The second-order valence-electron chi connectivity index (χ2n) is 4.41. The van der Waals surface area contributed by atoms with Crippen molar-refractivity contribution in [2.24, 2.45) is 0 Å². The van der Waals surface area contributed by atoms with Gasteiger partial charge in [-0.05, 0) is 26.0 Å². The molecule has 0 spiro atoms. The van der Waals surface area contributed by atoms with E-state index in [1.54, 1.807) is 12.1 Å². The van der Waals surface area contributed by atoms with Gasteiger partial charge in [-0.25, -0.2) is 4.79 Å². The minimum atomic E-state index is -1.08. The van der Waals surface area contributed by atoms with Crippen molar-refractivity contribution in [1.82, 2.24) is 10.6 Å². The third-order valence-electron chi connectivity index (χ3n) is 2.34. The number of carboxylic acids is 1. The number of furan rings is 1. The minimum Gasteiger partial charge on any atom is -0.480 e. The number of hydrogen-bond acceptors (Lipinski definition) is 5. The third-order valence-corrected chi connectivity index (χ3v) is 3.64. The lowest BCUT2D eigenvalue weighted by atomic mass is 10.2. The Balaban J connectivity index is 2.28. The van der Waals surface area contributed by atoms with Crippen molar-refractivity contribution in [2.45, 2.75) is 25.1 Å². The zero-order valence-electron chi connectivity index (χ0n) is 11.1. The van der Waals surface area contributed by atoms with Crippen LogP contribution in [-0.4, -0.2) is 33.5 Å². The van der Waals surface area contributed by atoms with Crippen LogP contribution in [0.5, 0.6) is 0 Å². The standard InChI is InChI=1S/C12H16N2O5S/c1-12(2,10(16)17)20-7-9(15)14-11(18)13-6-8-4-3-5-19-8/h3-5H,6-7H2,1-2H3,(H,16,17)(H2,13,14,15,18). The van der Waals surface area contributed by atoms with Crippen LogP contribution in [0.1, 0.15) is 19.6 Å². The van der Waals surface area contributed by atoms with Crippen molar-refractivity contribution in [3.05, 3.63) is 24.2 Å². The Morgan fingerprint density at radius 2 is 2.10 bits per heavy atom. The topological polar surface area (TPSA) is 109 Å². The molecule has 20 heavy (non-hydrogen) atoms. The Bertz CT molecular complexity index is 484. The summed E-state index contributed by atoms with van der Waals surface area (Å²) in [5, 5.41) is 13.4. The van der Waals surface area contributed by atoms with E-state index in [1.165, 1.54) is 20.1 Å². The zero-order chi connectivity index (χ0) is 15.2. The van der Waals surface area contributed by atoms with Crippen LogP contribution < -0.4 is 10.6 Å². The first kappa shape index (κ1) is 16.1. The van der Waals surface area contributed by atoms with Gasteiger partial charge in [0.05, 0.1) is 18.6 Å². The van der Waals surface area contributed by atoms with Gasteiger partial charge in [0.1, 0.15) is 10.5 Å². The van der Waals surface area contributed by atoms with Crippen LogP contribution >= 0.6 is 11.8 Å². The summed E-state index contributed by atoms with van der Waals surface area (Å²) >= 11 is 0.943. The first-order valence-electron chi connectivity index (χ1n) is 5.78. The molecular weight excluding hydrogens is 284 g/mol. The van der Waals surface area contributed by atoms with Crippen LogP contribution in [0.25, 0.3) is 0 Å². The van der Waals surface area contributed by atoms with Gasteiger partial charge in [-0.15, -0.1) is 11.8 Å². The van der Waals surface area contributed by atoms with E-state index in [4.69, 9.17) is 9.52 Å². The highest BCUT2D eigenvalue weighted by atomic mass is 32.2. The fourth-order valence-electron chi connectivity index (χ4n) is 1.10. The zero-order valence-corrected chi connectivity index (χ0v) is 12.0. The molecule has 0 aliphatic carbocycles. The van der Waals surface area contributed by atoms with E-state index in [9.17, 15) is 14.4 Å². The highest BCUT2D eigenvalue weighted by Gasteiger charge is 2.28. The van der Waals surface area contributed by atoms with Crippen molar-refractivity contribution < 1.29 is 23.9 Å². The van der Waals surface area contributed by atoms with Crippen molar-refractivity contribution >= 4 is 29.7 Å². The van der Waals surface area contributed by atoms with Gasteiger partial charge in [0.25, 0.3) is 0 Å². The van der Waals surface area contributed by atoms with Crippen LogP contribution in [0.15, 0.2) is 22.8 Å². The molecule has 0 saturated carbocycles. The molecule has 3 N–H and O–H groups in total. The number of carbonyl (C=O) groups is 3. The number of urea groups is 1. The van der Waals surface area contributed by atoms with Crippen LogP contribution in [0.3, 0.4) is 0 Å². The van der Waals surface area contributed by atoms with E-state index in [2.05, 4.69) is 10.6 Å². The van der Waals surface area contributed by atoms with Gasteiger partial charge >= 0.3 is 12.0 Å². The Kier molecular flexibility index (Phi) is 5.63. The predicted molar refractivity (Wildman–Crippen MR) is 73.3 cm³/mol. The van der Waals surface area contributed by atoms with E-state index in [0.717, 1.165) is 11.8 Å². The number of rotatable bonds is 6. The number of hydrogen-bond donors (Lipinski definition) is 3. The van der Waals surface area contributed by atoms with Crippen LogP contribution in [-0.2, 0) is 16.1 Å². The number of nitrogens with one attached hydrogen (secondary N) is 2. The van der Waals surface area contributed by atoms with Crippen molar-refractivity contribution in [1.29, 1.82) is 0 Å². The van der Waals surface area contributed by atoms with E-state index < -0.39 is 22.7 Å². The summed E-state index contributed by atoms with van der Waals surface area (Å²) in [7, 11) is 0. The van der Waals surface area contributed by atoms with E-state index in [1.807, 2.05) is 0 Å². The molecule has 110 valence electrons. The van der Waals surface area contributed by atoms with E-state index in [-0.39, 0.29) is 12.3 Å². The smallest absolute Gasteiger partial charge is 0.321 e. The molecule has 0 fully saturated rings. The molecule has 1 rings (SSSR count). The molecule has 0 saturated heterocycles. The number of aliphatic carboxylic acids is 1. The maximum Gasteiger partial charge on any atom is 0.321 e. The summed E-state index contributed by atoms with van der Waals surface area (Å²) in [5.41, 5.74) is 0. The third kappa shape index (κ3) is 5.35. The van der Waals surface area contributed by atoms with Gasteiger partial charge in [-0.1, -0.05) is 0 Å². The monoisotopic (exact) mass is 300 g/mol. The molecule has 3 amide bonds. The molecule has 0 aromatic carbocycles. The van der Waals surface area contributed by atoms with Gasteiger partial charge in [0, 0.05) is 0 Å². The molecule has 0 unspecified atom stereocenters. The first-order chi connectivity index (χ1) is 9.31. The summed E-state index contributed by atoms with van der Waals surface area (Å²) in [6.45, 7) is 3.15. The lowest BCUT2D eigenvalue weighted by Crippen LogP contribution is -2.41. The molecule has 1 aromatic heterocycles. The SMILES string of the molecule is CC(C)(SCC(=O)NC(=O)NCc1ccco1)C(=O)O. The van der Waals surface area contributed by atoms with Crippen molar-refractivity contribution in [3.8, 4) is 0 Å². The fraction of sp³-hybridized carbons (Fsp3) is 0.417. The first-order valence-corrected chi connectivity index (χ1v) is 6.77. The molecule has 0 atom stereocenters. The Morgan fingerprint density at radius 3 is 2.65 bits per heavy atom. The van der Waals surface area contributed by atoms with E-state index in [0.29, 0.717) is 5.76 Å². The molecule has 1 heterocycles. The highest BCUT2D eigenvalue weighted by molar-refractivity contribution is 8.01. The maximum absolute atomic E-state index is 11.5. The Hall–Kier alpha value is -1.96. The summed E-state index contributed by atoms with van der Waals surface area (Å²) in [6.07, 6.45) is 1.48. The minimum absolute atomic E-state index is 0.118. The lowest BCUT2D eigenvalue weighted by Gasteiger charge is -2.17. The second-order valence-corrected chi connectivity index (χ2v) is 6.01. The number of thioether (sulfide) groups is 1. The van der Waals surface area contributed by atoms with Crippen LogP contribution in [0, 0.1) is 0 Å². The highest BCUT2D eigenvalue weighted by Crippen LogP contribution is 2.23. The molecule has 0 aliphatic heterocycles. The maximum atomic E-state index is 11.5. The van der Waals surface area contributed by atoms with Crippen LogP contribution in [0.2, 0.25) is 0 Å². The summed E-state index contributed by atoms with van der Waals surface area (Å²) < 4.78 is 3.93. The Morgan fingerprint density at radius 1 is 1.40 bits per heavy atom. The average molecular weight is 300 g/mol. The number of carboxylic acid groups (broad SMARTS) is 1. The average Bonchev–Trinajstić information content (AvgIpc) is 2.87. The summed E-state index contributed by atoms with van der Waals surface area (Å²) in [5.74, 6) is -1.12. The van der Waals surface area contributed by atoms with Crippen LogP contribution in [0.4, 0.5) is 4.79 Å². The molecule has 0 bridgehead atoms. The van der Waals surface area contributed by atoms with Crippen molar-refractivity contribution in [2.75, 3.05) is 5.75 Å². The van der Waals surface area contributed by atoms with Gasteiger partial charge < -0.3 is 14.8 Å². The fourth-order valence-corrected chi connectivity index (χ4v) is 1.78. The molecule has 0 aliphatic rings. The molecule has 8 heteroatoms. The summed E-state index contributed by atoms with van der Waals surface area (Å²) in [6, 6.07) is 2.72. The van der Waals surface area contributed by atoms with Gasteiger partial charge in [-0.2, -0.15) is 0 Å². The number of amides is 3. The molecule has 7 nitrogen and oxygen atoms in total. The molecule has 1 aromatic rings. The quantitative estimate of drug-likeness (QED) is 0.728. The second kappa shape index (κ2) is 6.99. The number of imide groups is 1. The van der Waals surface area contributed by atoms with Gasteiger partial charge in [0.2, 0.25) is 5.91 Å². The van der Waals surface area contributed by atoms with Gasteiger partial charge in [-0.3, -0.25) is 14.9 Å². The normalized spacial score (nSPS) is 10.9. The van der Waals surface area contributed by atoms with Crippen molar-refractivity contribution in [3.63, 3.8) is 0 Å².